The van der Waals surface area contributed by atoms with Crippen molar-refractivity contribution in [2.45, 2.75) is 25.4 Å². The van der Waals surface area contributed by atoms with Gasteiger partial charge < -0.3 is 0 Å². The van der Waals surface area contributed by atoms with Crippen molar-refractivity contribution in [1.82, 2.24) is 24.6 Å². The lowest BCUT2D eigenvalue weighted by molar-refractivity contribution is 0.241. The van der Waals surface area contributed by atoms with Crippen LogP contribution in [0.25, 0.3) is 10.9 Å². The van der Waals surface area contributed by atoms with Crippen molar-refractivity contribution in [1.29, 1.82) is 0 Å². The summed E-state index contributed by atoms with van der Waals surface area (Å²) in [6, 6.07) is 9.90. The molecular weight excluding hydrogens is 290 g/mol. The highest BCUT2D eigenvalue weighted by atomic mass is 16.1. The highest BCUT2D eigenvalue weighted by molar-refractivity contribution is 5.76. The molecule has 1 aliphatic heterocycles. The Morgan fingerprint density at radius 3 is 3.00 bits per heavy atom. The average Bonchev–Trinajstić information content (AvgIpc) is 3.25. The van der Waals surface area contributed by atoms with Gasteiger partial charge in [-0.15, -0.1) is 0 Å². The van der Waals surface area contributed by atoms with Gasteiger partial charge in [-0.3, -0.25) is 19.4 Å². The third-order valence-electron chi connectivity index (χ3n) is 4.60. The number of aromatic amines is 1. The number of nitrogens with one attached hydrogen (secondary N) is 1. The molecule has 4 rings (SSSR count). The van der Waals surface area contributed by atoms with Gasteiger partial charge in [-0.2, -0.15) is 5.10 Å². The van der Waals surface area contributed by atoms with Gasteiger partial charge in [-0.25, -0.2) is 4.98 Å². The maximum Gasteiger partial charge on any atom is 0.261 e. The van der Waals surface area contributed by atoms with E-state index in [9.17, 15) is 4.79 Å². The van der Waals surface area contributed by atoms with Crippen LogP contribution in [-0.2, 0) is 6.54 Å². The Morgan fingerprint density at radius 2 is 2.13 bits per heavy atom. The molecule has 1 N–H and O–H groups in total. The van der Waals surface area contributed by atoms with E-state index in [1.165, 1.54) is 6.42 Å². The van der Waals surface area contributed by atoms with Crippen molar-refractivity contribution < 1.29 is 0 Å². The van der Waals surface area contributed by atoms with Gasteiger partial charge in [0.05, 0.1) is 29.0 Å². The number of likely N-dealkylation sites (tertiary alicyclic amines) is 1. The second kappa shape index (κ2) is 5.96. The molecule has 3 heterocycles. The van der Waals surface area contributed by atoms with Gasteiger partial charge in [0.15, 0.2) is 0 Å². The molecule has 1 fully saturated rings. The minimum absolute atomic E-state index is 0.0351. The SMILES string of the molecule is O=c1c2ccccc2ncn1CCN1CCC[C@@H]1c1ccn[nH]1. The number of aromatic nitrogens is 4. The Labute approximate surface area is 133 Å². The summed E-state index contributed by atoms with van der Waals surface area (Å²) < 4.78 is 1.71. The Bertz CT molecular complexity index is 855. The average molecular weight is 309 g/mol. The van der Waals surface area contributed by atoms with E-state index >= 15 is 0 Å². The van der Waals surface area contributed by atoms with E-state index in [2.05, 4.69) is 20.1 Å². The molecular formula is C17H19N5O. The van der Waals surface area contributed by atoms with Crippen molar-refractivity contribution in [3.63, 3.8) is 0 Å². The van der Waals surface area contributed by atoms with Crippen LogP contribution >= 0.6 is 0 Å². The van der Waals surface area contributed by atoms with Gasteiger partial charge in [0.1, 0.15) is 0 Å². The molecule has 1 aromatic carbocycles. The molecule has 6 heteroatoms. The molecule has 3 aromatic rings. The molecule has 0 unspecified atom stereocenters. The number of hydrogen-bond donors (Lipinski definition) is 1. The van der Waals surface area contributed by atoms with Crippen LogP contribution in [0.15, 0.2) is 47.7 Å². The number of H-pyrrole nitrogens is 1. The van der Waals surface area contributed by atoms with Gasteiger partial charge in [0.2, 0.25) is 0 Å². The van der Waals surface area contributed by atoms with Gasteiger partial charge in [0, 0.05) is 19.3 Å². The van der Waals surface area contributed by atoms with Crippen molar-refractivity contribution in [2.24, 2.45) is 0 Å². The van der Waals surface area contributed by atoms with E-state index < -0.39 is 0 Å². The molecule has 0 saturated carbocycles. The number of benzene rings is 1. The molecule has 1 saturated heterocycles. The highest BCUT2D eigenvalue weighted by Gasteiger charge is 2.26. The summed E-state index contributed by atoms with van der Waals surface area (Å²) in [7, 11) is 0. The van der Waals surface area contributed by atoms with Crippen molar-refractivity contribution in [3.05, 3.63) is 58.9 Å². The number of nitrogens with zero attached hydrogens (tertiary/aromatic N) is 4. The first kappa shape index (κ1) is 14.1. The zero-order chi connectivity index (χ0) is 15.6. The minimum Gasteiger partial charge on any atom is -0.297 e. The largest absolute Gasteiger partial charge is 0.297 e. The highest BCUT2D eigenvalue weighted by Crippen LogP contribution is 2.30. The number of hydrogen-bond acceptors (Lipinski definition) is 4. The Morgan fingerprint density at radius 1 is 1.22 bits per heavy atom. The molecule has 2 aromatic heterocycles. The number of rotatable bonds is 4. The van der Waals surface area contributed by atoms with Gasteiger partial charge in [0.25, 0.3) is 5.56 Å². The van der Waals surface area contributed by atoms with Crippen LogP contribution in [-0.4, -0.2) is 37.7 Å². The van der Waals surface area contributed by atoms with Crippen LogP contribution in [0, 0.1) is 0 Å². The smallest absolute Gasteiger partial charge is 0.261 e. The second-order valence-corrected chi connectivity index (χ2v) is 5.97. The van der Waals surface area contributed by atoms with Crippen LogP contribution in [0.4, 0.5) is 0 Å². The monoisotopic (exact) mass is 309 g/mol. The van der Waals surface area contributed by atoms with Gasteiger partial charge in [-0.1, -0.05) is 12.1 Å². The summed E-state index contributed by atoms with van der Waals surface area (Å²) in [5, 5.41) is 7.80. The van der Waals surface area contributed by atoms with E-state index in [1.807, 2.05) is 30.3 Å². The zero-order valence-corrected chi connectivity index (χ0v) is 12.9. The first-order valence-electron chi connectivity index (χ1n) is 8.00. The summed E-state index contributed by atoms with van der Waals surface area (Å²) in [6.07, 6.45) is 5.76. The Kier molecular flexibility index (Phi) is 3.67. The predicted octanol–water partition coefficient (Wildman–Crippen LogP) is 1.96. The van der Waals surface area contributed by atoms with E-state index in [-0.39, 0.29) is 5.56 Å². The summed E-state index contributed by atoms with van der Waals surface area (Å²) in [5.41, 5.74) is 1.95. The Hall–Kier alpha value is -2.47. The van der Waals surface area contributed by atoms with Crippen molar-refractivity contribution >= 4 is 10.9 Å². The van der Waals surface area contributed by atoms with Crippen LogP contribution in [0.5, 0.6) is 0 Å². The fraction of sp³-hybridized carbons (Fsp3) is 0.353. The van der Waals surface area contributed by atoms with Crippen molar-refractivity contribution in [2.75, 3.05) is 13.1 Å². The fourth-order valence-corrected chi connectivity index (χ4v) is 3.40. The fourth-order valence-electron chi connectivity index (χ4n) is 3.40. The maximum absolute atomic E-state index is 12.5. The molecule has 118 valence electrons. The topological polar surface area (TPSA) is 66.8 Å². The molecule has 6 nitrogen and oxygen atoms in total. The van der Waals surface area contributed by atoms with E-state index in [4.69, 9.17) is 0 Å². The molecule has 0 amide bonds. The van der Waals surface area contributed by atoms with Crippen LogP contribution in [0.2, 0.25) is 0 Å². The molecule has 1 aliphatic rings. The van der Waals surface area contributed by atoms with Crippen LogP contribution in [0.3, 0.4) is 0 Å². The zero-order valence-electron chi connectivity index (χ0n) is 12.9. The molecule has 0 spiro atoms. The third-order valence-corrected chi connectivity index (χ3v) is 4.60. The lowest BCUT2D eigenvalue weighted by Crippen LogP contribution is -2.31. The molecule has 23 heavy (non-hydrogen) atoms. The summed E-state index contributed by atoms with van der Waals surface area (Å²) in [6.45, 7) is 2.55. The summed E-state index contributed by atoms with van der Waals surface area (Å²) in [5.74, 6) is 0. The van der Waals surface area contributed by atoms with E-state index in [0.29, 0.717) is 18.0 Å². The van der Waals surface area contributed by atoms with Crippen LogP contribution < -0.4 is 5.56 Å². The normalized spacial score (nSPS) is 18.7. The Balaban J connectivity index is 1.53. The maximum atomic E-state index is 12.5. The lowest BCUT2D eigenvalue weighted by Gasteiger charge is -2.23. The summed E-state index contributed by atoms with van der Waals surface area (Å²) in [4.78, 5) is 19.3. The van der Waals surface area contributed by atoms with E-state index in [0.717, 1.165) is 30.7 Å². The number of para-hydroxylation sites is 1. The molecule has 1 atom stereocenters. The molecule has 0 bridgehead atoms. The van der Waals surface area contributed by atoms with Gasteiger partial charge >= 0.3 is 0 Å². The standard InChI is InChI=1S/C17H19N5O/c23-17-13-4-1-2-5-14(13)18-12-22(17)11-10-21-9-3-6-16(21)15-7-8-19-20-15/h1-2,4-5,7-8,12,16H,3,6,9-11H2,(H,19,20)/t16-/m1/s1. The third kappa shape index (κ3) is 2.66. The van der Waals surface area contributed by atoms with E-state index in [1.54, 1.807) is 17.1 Å². The number of fused-ring (bicyclic) bond motifs is 1. The lowest BCUT2D eigenvalue weighted by atomic mass is 10.1. The molecule has 0 radical (unpaired) electrons. The summed E-state index contributed by atoms with van der Waals surface area (Å²) >= 11 is 0. The van der Waals surface area contributed by atoms with Crippen molar-refractivity contribution in [3.8, 4) is 0 Å². The first-order valence-corrected chi connectivity index (χ1v) is 8.00. The first-order chi connectivity index (χ1) is 11.3. The van der Waals surface area contributed by atoms with Crippen LogP contribution in [0.1, 0.15) is 24.6 Å². The molecule has 0 aliphatic carbocycles. The second-order valence-electron chi connectivity index (χ2n) is 5.97. The quantitative estimate of drug-likeness (QED) is 0.800. The van der Waals surface area contributed by atoms with Gasteiger partial charge in [-0.05, 0) is 37.6 Å². The minimum atomic E-state index is 0.0351. The predicted molar refractivity (Wildman–Crippen MR) is 88.1 cm³/mol.